The summed E-state index contributed by atoms with van der Waals surface area (Å²) in [6.07, 6.45) is 0. The molecule has 0 aliphatic heterocycles. The molecule has 1 aromatic heterocycles. The van der Waals surface area contributed by atoms with Crippen molar-refractivity contribution >= 4 is 48.5 Å². The van der Waals surface area contributed by atoms with Gasteiger partial charge in [-0.05, 0) is 64.4 Å². The van der Waals surface area contributed by atoms with Crippen molar-refractivity contribution in [3.05, 3.63) is 102 Å². The molecule has 0 saturated heterocycles. The summed E-state index contributed by atoms with van der Waals surface area (Å²) in [7, 11) is 0. The fourth-order valence-electron chi connectivity index (χ4n) is 4.36. The Hall–Kier alpha value is -3.10. The number of hydrogen-bond acceptors (Lipinski definition) is 0. The summed E-state index contributed by atoms with van der Waals surface area (Å²) < 4.78 is 3.49. The fourth-order valence-corrected chi connectivity index (χ4v) is 4.62. The van der Waals surface area contributed by atoms with Gasteiger partial charge in [0.05, 0.1) is 11.0 Å². The molecule has 0 N–H and O–H groups in total. The third kappa shape index (κ3) is 2.25. The first-order valence-electron chi connectivity index (χ1n) is 9.40. The second-order valence-corrected chi connectivity index (χ2v) is 8.13. The fraction of sp³-hybridized carbons (Fsp3) is 0. The molecule has 0 aliphatic rings. The largest absolute Gasteiger partial charge is 0.309 e. The van der Waals surface area contributed by atoms with Gasteiger partial charge < -0.3 is 4.57 Å². The Labute approximate surface area is 171 Å². The summed E-state index contributed by atoms with van der Waals surface area (Å²) in [5.41, 5.74) is 6.18. The lowest BCUT2D eigenvalue weighted by atomic mass is 9.97. The average Bonchev–Trinajstić information content (AvgIpc) is 3.08. The van der Waals surface area contributed by atoms with Gasteiger partial charge in [0.1, 0.15) is 0 Å². The van der Waals surface area contributed by atoms with Gasteiger partial charge in [-0.2, -0.15) is 0 Å². The first-order chi connectivity index (χ1) is 13.8. The Bertz CT molecular complexity index is 1440. The summed E-state index contributed by atoms with van der Waals surface area (Å²) in [5.74, 6) is 0. The molecule has 132 valence electrons. The number of hydrogen-bond donors (Lipinski definition) is 0. The number of nitrogens with zero attached hydrogens (tertiary/aromatic N) is 1. The number of benzene rings is 5. The van der Waals surface area contributed by atoms with Gasteiger partial charge in [0.2, 0.25) is 0 Å². The lowest BCUT2D eigenvalue weighted by Crippen LogP contribution is -1.93. The zero-order valence-corrected chi connectivity index (χ0v) is 16.6. The van der Waals surface area contributed by atoms with Crippen molar-refractivity contribution in [3.63, 3.8) is 0 Å². The van der Waals surface area contributed by atoms with Crippen molar-refractivity contribution < 1.29 is 0 Å². The predicted molar refractivity (Wildman–Crippen MR) is 123 cm³/mol. The SMILES string of the molecule is Brc1ccc(-c2cc3ccc4cccc5c4c3c(c2)n5-c2ccccc2)cc1. The molecular formula is C26H16BrN. The molecule has 0 unspecified atom stereocenters. The second kappa shape index (κ2) is 5.95. The monoisotopic (exact) mass is 421 g/mol. The van der Waals surface area contributed by atoms with E-state index in [4.69, 9.17) is 0 Å². The first kappa shape index (κ1) is 15.9. The lowest BCUT2D eigenvalue weighted by molar-refractivity contribution is 1.18. The molecule has 0 radical (unpaired) electrons. The van der Waals surface area contributed by atoms with Crippen LogP contribution in [0.1, 0.15) is 0 Å². The molecule has 1 heterocycles. The zero-order chi connectivity index (χ0) is 18.7. The van der Waals surface area contributed by atoms with E-state index in [0.29, 0.717) is 0 Å². The maximum absolute atomic E-state index is 3.54. The van der Waals surface area contributed by atoms with Gasteiger partial charge in [0.15, 0.2) is 0 Å². The summed E-state index contributed by atoms with van der Waals surface area (Å²) in [4.78, 5) is 0. The Morgan fingerprint density at radius 2 is 1.29 bits per heavy atom. The highest BCUT2D eigenvalue weighted by atomic mass is 79.9. The van der Waals surface area contributed by atoms with E-state index < -0.39 is 0 Å². The van der Waals surface area contributed by atoms with Crippen LogP contribution in [0.25, 0.3) is 49.4 Å². The minimum absolute atomic E-state index is 1.10. The van der Waals surface area contributed by atoms with E-state index in [2.05, 4.69) is 118 Å². The van der Waals surface area contributed by atoms with E-state index in [1.165, 1.54) is 49.4 Å². The Kier molecular flexibility index (Phi) is 3.38. The van der Waals surface area contributed by atoms with Gasteiger partial charge in [-0.3, -0.25) is 0 Å². The molecule has 0 aliphatic carbocycles. The van der Waals surface area contributed by atoms with Crippen LogP contribution in [-0.2, 0) is 0 Å². The first-order valence-corrected chi connectivity index (χ1v) is 10.2. The highest BCUT2D eigenvalue weighted by molar-refractivity contribution is 9.10. The molecular weight excluding hydrogens is 406 g/mol. The lowest BCUT2D eigenvalue weighted by Gasteiger charge is -2.09. The number of aromatic nitrogens is 1. The van der Waals surface area contributed by atoms with Crippen LogP contribution >= 0.6 is 15.9 Å². The van der Waals surface area contributed by atoms with Gasteiger partial charge in [0, 0.05) is 20.9 Å². The normalized spacial score (nSPS) is 11.8. The molecule has 28 heavy (non-hydrogen) atoms. The quantitative estimate of drug-likeness (QED) is 0.251. The van der Waals surface area contributed by atoms with Gasteiger partial charge in [0.25, 0.3) is 0 Å². The van der Waals surface area contributed by atoms with Crippen LogP contribution in [0.15, 0.2) is 102 Å². The van der Waals surface area contributed by atoms with E-state index in [0.717, 1.165) is 4.47 Å². The smallest absolute Gasteiger partial charge is 0.0553 e. The highest BCUT2D eigenvalue weighted by Crippen LogP contribution is 2.41. The van der Waals surface area contributed by atoms with Crippen LogP contribution < -0.4 is 0 Å². The maximum atomic E-state index is 3.54. The topological polar surface area (TPSA) is 4.93 Å². The highest BCUT2D eigenvalue weighted by Gasteiger charge is 2.17. The van der Waals surface area contributed by atoms with Crippen molar-refractivity contribution in [2.24, 2.45) is 0 Å². The molecule has 0 fully saturated rings. The standard InChI is InChI=1S/C26H16BrN/c27-21-13-11-17(12-14-21)20-15-19-10-9-18-5-4-8-23-25(18)26(19)24(16-20)28(23)22-6-2-1-3-7-22/h1-16H. The van der Waals surface area contributed by atoms with Crippen LogP contribution in [0, 0.1) is 0 Å². The third-order valence-electron chi connectivity index (χ3n) is 5.59. The minimum Gasteiger partial charge on any atom is -0.309 e. The maximum Gasteiger partial charge on any atom is 0.0553 e. The Morgan fingerprint density at radius 3 is 2.11 bits per heavy atom. The van der Waals surface area contributed by atoms with E-state index in [1.54, 1.807) is 0 Å². The molecule has 6 aromatic rings. The number of para-hydroxylation sites is 1. The van der Waals surface area contributed by atoms with Crippen LogP contribution in [0.3, 0.4) is 0 Å². The van der Waals surface area contributed by atoms with Crippen molar-refractivity contribution in [1.29, 1.82) is 0 Å². The van der Waals surface area contributed by atoms with E-state index in [9.17, 15) is 0 Å². The van der Waals surface area contributed by atoms with Gasteiger partial charge in [-0.1, -0.05) is 70.5 Å². The van der Waals surface area contributed by atoms with Crippen molar-refractivity contribution in [2.75, 3.05) is 0 Å². The minimum atomic E-state index is 1.10. The molecule has 0 atom stereocenters. The van der Waals surface area contributed by atoms with Gasteiger partial charge >= 0.3 is 0 Å². The molecule has 2 heteroatoms. The third-order valence-corrected chi connectivity index (χ3v) is 6.12. The van der Waals surface area contributed by atoms with Crippen LogP contribution in [-0.4, -0.2) is 4.57 Å². The Morgan fingerprint density at radius 1 is 0.536 bits per heavy atom. The summed E-state index contributed by atoms with van der Waals surface area (Å²) in [5, 5.41) is 5.27. The molecule has 1 nitrogen and oxygen atoms in total. The zero-order valence-electron chi connectivity index (χ0n) is 15.1. The molecule has 0 saturated carbocycles. The second-order valence-electron chi connectivity index (χ2n) is 7.21. The van der Waals surface area contributed by atoms with E-state index in [-0.39, 0.29) is 0 Å². The van der Waals surface area contributed by atoms with Crippen LogP contribution in [0.4, 0.5) is 0 Å². The molecule has 5 aromatic carbocycles. The Balaban J connectivity index is 1.79. The van der Waals surface area contributed by atoms with E-state index in [1.807, 2.05) is 0 Å². The number of halogens is 1. The molecule has 0 bridgehead atoms. The molecule has 0 spiro atoms. The number of rotatable bonds is 2. The van der Waals surface area contributed by atoms with Crippen molar-refractivity contribution in [3.8, 4) is 16.8 Å². The van der Waals surface area contributed by atoms with Crippen molar-refractivity contribution in [1.82, 2.24) is 4.57 Å². The van der Waals surface area contributed by atoms with E-state index >= 15 is 0 Å². The summed E-state index contributed by atoms with van der Waals surface area (Å²) >= 11 is 3.54. The van der Waals surface area contributed by atoms with Crippen LogP contribution in [0.5, 0.6) is 0 Å². The molecule has 0 amide bonds. The van der Waals surface area contributed by atoms with Crippen molar-refractivity contribution in [2.45, 2.75) is 0 Å². The van der Waals surface area contributed by atoms with Crippen LogP contribution in [0.2, 0.25) is 0 Å². The molecule has 6 rings (SSSR count). The summed E-state index contributed by atoms with van der Waals surface area (Å²) in [6, 6.07) is 34.9. The summed E-state index contributed by atoms with van der Waals surface area (Å²) in [6.45, 7) is 0. The van der Waals surface area contributed by atoms with Gasteiger partial charge in [-0.15, -0.1) is 0 Å². The predicted octanol–water partition coefficient (Wildman–Crippen LogP) is 7.80. The van der Waals surface area contributed by atoms with Gasteiger partial charge in [-0.25, -0.2) is 0 Å². The average molecular weight is 422 g/mol.